The highest BCUT2D eigenvalue weighted by Gasteiger charge is 2.41. The Morgan fingerprint density at radius 1 is 1.27 bits per heavy atom. The number of benzene rings is 1. The maximum atomic E-state index is 12.8. The smallest absolute Gasteiger partial charge is 0.288 e. The number of hydrogen-bond acceptors (Lipinski definition) is 5. The van der Waals surface area contributed by atoms with E-state index < -0.39 is 6.29 Å². The number of hydrogen-bond donors (Lipinski definition) is 1. The predicted octanol–water partition coefficient (Wildman–Crippen LogP) is 2.89. The summed E-state index contributed by atoms with van der Waals surface area (Å²) in [6.07, 6.45) is 4.43. The number of nitrogens with zero attached hydrogens (tertiary/aromatic N) is 2. The van der Waals surface area contributed by atoms with Crippen LogP contribution in [0.3, 0.4) is 0 Å². The number of fused-ring (bicyclic) bond motifs is 1. The molecule has 0 bridgehead atoms. The van der Waals surface area contributed by atoms with Crippen molar-refractivity contribution in [3.8, 4) is 0 Å². The standard InChI is InChI=1S/C23H28N2O5/c1-3-29-23-17(8-6-12-26)18(13-21(30-23)22(28)24-10-11-24)19-14-25(15(2)27)20-9-5-4-7-16(19)20/h4-5,7,9,13-14,17-18,23,26H,3,6,8,10-12H2,1-2H3/t17-,18-,23+/m0/s1. The lowest BCUT2D eigenvalue weighted by atomic mass is 9.80. The number of allylic oxidation sites excluding steroid dienone is 1. The number of aliphatic hydroxyl groups is 1. The zero-order valence-electron chi connectivity index (χ0n) is 17.4. The lowest BCUT2D eigenvalue weighted by Crippen LogP contribution is -2.37. The maximum Gasteiger partial charge on any atom is 0.288 e. The van der Waals surface area contributed by atoms with Crippen LogP contribution in [0.1, 0.15) is 43.0 Å². The summed E-state index contributed by atoms with van der Waals surface area (Å²) in [6, 6.07) is 7.78. The zero-order chi connectivity index (χ0) is 21.3. The van der Waals surface area contributed by atoms with Gasteiger partial charge in [0.05, 0.1) is 5.52 Å². The second-order valence-electron chi connectivity index (χ2n) is 7.81. The second-order valence-corrected chi connectivity index (χ2v) is 7.81. The van der Waals surface area contributed by atoms with Crippen molar-refractivity contribution in [3.63, 3.8) is 0 Å². The van der Waals surface area contributed by atoms with Crippen LogP contribution in [0.15, 0.2) is 42.3 Å². The van der Waals surface area contributed by atoms with Crippen molar-refractivity contribution in [2.45, 2.75) is 38.9 Å². The molecule has 3 atom stereocenters. The van der Waals surface area contributed by atoms with Gasteiger partial charge in [0.2, 0.25) is 12.2 Å². The molecule has 0 unspecified atom stereocenters. The van der Waals surface area contributed by atoms with Gasteiger partial charge in [-0.3, -0.25) is 14.2 Å². The molecule has 1 saturated heterocycles. The summed E-state index contributed by atoms with van der Waals surface area (Å²) in [6.45, 7) is 5.43. The van der Waals surface area contributed by atoms with Crippen LogP contribution < -0.4 is 0 Å². The van der Waals surface area contributed by atoms with E-state index in [1.165, 1.54) is 6.92 Å². The average Bonchev–Trinajstić information content (AvgIpc) is 3.52. The Morgan fingerprint density at radius 2 is 2.03 bits per heavy atom. The summed E-state index contributed by atoms with van der Waals surface area (Å²) in [5, 5.41) is 10.4. The van der Waals surface area contributed by atoms with Gasteiger partial charge in [-0.25, -0.2) is 0 Å². The molecular weight excluding hydrogens is 384 g/mol. The molecule has 30 heavy (non-hydrogen) atoms. The third kappa shape index (κ3) is 3.87. The van der Waals surface area contributed by atoms with Gasteiger partial charge in [0.15, 0.2) is 5.76 Å². The monoisotopic (exact) mass is 412 g/mol. The number of ether oxygens (including phenoxy) is 2. The minimum atomic E-state index is -0.588. The molecular formula is C23H28N2O5. The molecule has 2 aromatic rings. The van der Waals surface area contributed by atoms with E-state index in [2.05, 4.69) is 0 Å². The highest BCUT2D eigenvalue weighted by molar-refractivity contribution is 5.95. The van der Waals surface area contributed by atoms with Gasteiger partial charge in [-0.05, 0) is 37.5 Å². The molecule has 1 aromatic heterocycles. The molecule has 0 aliphatic carbocycles. The number of amides is 1. The van der Waals surface area contributed by atoms with Crippen LogP contribution in [0.2, 0.25) is 0 Å². The molecule has 2 aliphatic heterocycles. The molecule has 0 spiro atoms. The van der Waals surface area contributed by atoms with Crippen LogP contribution in [0, 0.1) is 5.92 Å². The molecule has 1 aromatic carbocycles. The van der Waals surface area contributed by atoms with E-state index in [0.717, 1.165) is 29.6 Å². The van der Waals surface area contributed by atoms with Crippen LogP contribution >= 0.6 is 0 Å². The highest BCUT2D eigenvalue weighted by atomic mass is 16.7. The molecule has 7 nitrogen and oxygen atoms in total. The van der Waals surface area contributed by atoms with Gasteiger partial charge < -0.3 is 19.5 Å². The van der Waals surface area contributed by atoms with Gasteiger partial charge in [-0.15, -0.1) is 0 Å². The van der Waals surface area contributed by atoms with E-state index in [1.807, 2.05) is 43.5 Å². The molecule has 7 heteroatoms. The molecule has 1 fully saturated rings. The van der Waals surface area contributed by atoms with Crippen LogP contribution in [0.5, 0.6) is 0 Å². The van der Waals surface area contributed by atoms with Crippen LogP contribution in [0.25, 0.3) is 10.9 Å². The Labute approximate surface area is 175 Å². The van der Waals surface area contributed by atoms with Crippen molar-refractivity contribution in [1.82, 2.24) is 9.47 Å². The first kappa shape index (κ1) is 20.6. The number of aliphatic hydroxyl groups excluding tert-OH is 1. The Kier molecular flexibility index (Phi) is 5.92. The maximum absolute atomic E-state index is 12.8. The van der Waals surface area contributed by atoms with Gasteiger partial charge in [-0.2, -0.15) is 0 Å². The normalized spacial score (nSPS) is 23.2. The van der Waals surface area contributed by atoms with E-state index >= 15 is 0 Å². The summed E-state index contributed by atoms with van der Waals surface area (Å²) in [7, 11) is 0. The van der Waals surface area contributed by atoms with E-state index in [0.29, 0.717) is 25.2 Å². The van der Waals surface area contributed by atoms with Crippen LogP contribution in [-0.2, 0) is 14.3 Å². The van der Waals surface area contributed by atoms with Crippen molar-refractivity contribution >= 4 is 22.7 Å². The topological polar surface area (TPSA) is 80.8 Å². The van der Waals surface area contributed by atoms with E-state index in [-0.39, 0.29) is 30.3 Å². The third-order valence-corrected chi connectivity index (χ3v) is 5.80. The van der Waals surface area contributed by atoms with Crippen molar-refractivity contribution in [1.29, 1.82) is 0 Å². The fraction of sp³-hybridized carbons (Fsp3) is 0.478. The molecule has 1 N–H and O–H groups in total. The molecule has 3 heterocycles. The number of para-hydroxylation sites is 1. The van der Waals surface area contributed by atoms with Crippen LogP contribution in [0.4, 0.5) is 0 Å². The van der Waals surface area contributed by atoms with Crippen molar-refractivity contribution in [2.75, 3.05) is 26.3 Å². The summed E-state index contributed by atoms with van der Waals surface area (Å²) in [4.78, 5) is 26.7. The van der Waals surface area contributed by atoms with E-state index in [4.69, 9.17) is 9.47 Å². The van der Waals surface area contributed by atoms with Crippen molar-refractivity contribution < 1.29 is 24.2 Å². The minimum Gasteiger partial charge on any atom is -0.459 e. The van der Waals surface area contributed by atoms with Gasteiger partial charge in [0.25, 0.3) is 5.91 Å². The van der Waals surface area contributed by atoms with Gasteiger partial charge in [0.1, 0.15) is 0 Å². The first-order valence-electron chi connectivity index (χ1n) is 10.6. The highest BCUT2D eigenvalue weighted by Crippen LogP contribution is 2.42. The number of carbonyl (C=O) groups excluding carboxylic acids is 2. The Bertz CT molecular complexity index is 975. The Morgan fingerprint density at radius 3 is 2.70 bits per heavy atom. The predicted molar refractivity (Wildman–Crippen MR) is 112 cm³/mol. The SMILES string of the molecule is CCO[C@@H]1OC(C(=O)N2CC2)=C[C@H](c2cn(C(C)=O)c3ccccc23)[C@@H]1CCCO. The molecule has 4 rings (SSSR count). The fourth-order valence-corrected chi connectivity index (χ4v) is 4.26. The van der Waals surface area contributed by atoms with Crippen molar-refractivity contribution in [2.24, 2.45) is 5.92 Å². The fourth-order valence-electron chi connectivity index (χ4n) is 4.26. The lowest BCUT2D eigenvalue weighted by Gasteiger charge is -2.36. The van der Waals surface area contributed by atoms with Gasteiger partial charge >= 0.3 is 0 Å². The average molecular weight is 412 g/mol. The second kappa shape index (κ2) is 8.62. The Balaban J connectivity index is 1.83. The Hall–Kier alpha value is -2.64. The van der Waals surface area contributed by atoms with Crippen LogP contribution in [-0.4, -0.2) is 59.0 Å². The molecule has 0 radical (unpaired) electrons. The van der Waals surface area contributed by atoms with E-state index in [9.17, 15) is 14.7 Å². The lowest BCUT2D eigenvalue weighted by molar-refractivity contribution is -0.168. The van der Waals surface area contributed by atoms with Gasteiger partial charge in [-0.1, -0.05) is 18.2 Å². The summed E-state index contributed by atoms with van der Waals surface area (Å²) in [5.41, 5.74) is 1.81. The molecule has 0 saturated carbocycles. The first-order chi connectivity index (χ1) is 14.5. The zero-order valence-corrected chi connectivity index (χ0v) is 17.4. The van der Waals surface area contributed by atoms with Gasteiger partial charge in [0, 0.05) is 56.6 Å². The largest absolute Gasteiger partial charge is 0.459 e. The quantitative estimate of drug-likeness (QED) is 0.708. The number of aromatic nitrogens is 1. The third-order valence-electron chi connectivity index (χ3n) is 5.80. The minimum absolute atomic E-state index is 0.0675. The summed E-state index contributed by atoms with van der Waals surface area (Å²) >= 11 is 0. The van der Waals surface area contributed by atoms with E-state index in [1.54, 1.807) is 9.47 Å². The summed E-state index contributed by atoms with van der Waals surface area (Å²) < 4.78 is 13.6. The molecule has 160 valence electrons. The van der Waals surface area contributed by atoms with Crippen molar-refractivity contribution in [3.05, 3.63) is 47.9 Å². The molecule has 1 amide bonds. The number of carbonyl (C=O) groups is 2. The first-order valence-corrected chi connectivity index (χ1v) is 10.6. The number of rotatable bonds is 7. The molecule has 2 aliphatic rings. The summed E-state index contributed by atoms with van der Waals surface area (Å²) in [5.74, 6) is -0.154.